The van der Waals surface area contributed by atoms with E-state index in [1.165, 1.54) is 18.2 Å². The van der Waals surface area contributed by atoms with Crippen molar-refractivity contribution in [3.05, 3.63) is 63.9 Å². The Balaban J connectivity index is 2.15. The zero-order valence-electron chi connectivity index (χ0n) is 11.0. The van der Waals surface area contributed by atoms with Crippen molar-refractivity contribution in [2.45, 2.75) is 12.8 Å². The van der Waals surface area contributed by atoms with Gasteiger partial charge in [0.25, 0.3) is 0 Å². The van der Waals surface area contributed by atoms with E-state index in [0.29, 0.717) is 12.4 Å². The highest BCUT2D eigenvalue weighted by Crippen LogP contribution is 2.30. The molecule has 7 heteroatoms. The second kappa shape index (κ2) is 6.36. The lowest BCUT2D eigenvalue weighted by Gasteiger charge is -2.11. The molecule has 0 unspecified atom stereocenters. The third-order valence-corrected chi connectivity index (χ3v) is 3.02. The van der Waals surface area contributed by atoms with Gasteiger partial charge in [-0.1, -0.05) is 17.7 Å². The number of aldehydes is 1. The van der Waals surface area contributed by atoms with Gasteiger partial charge in [-0.3, -0.25) is 4.79 Å². The Morgan fingerprint density at radius 3 is 2.45 bits per heavy atom. The number of ether oxygens (including phenoxy) is 1. The van der Waals surface area contributed by atoms with Gasteiger partial charge in [-0.25, -0.2) is 4.39 Å². The van der Waals surface area contributed by atoms with Gasteiger partial charge >= 0.3 is 6.18 Å². The van der Waals surface area contributed by atoms with Gasteiger partial charge in [0.05, 0.1) is 5.56 Å². The van der Waals surface area contributed by atoms with Crippen molar-refractivity contribution in [3.63, 3.8) is 0 Å². The van der Waals surface area contributed by atoms with Gasteiger partial charge in [0, 0.05) is 16.1 Å². The van der Waals surface area contributed by atoms with Crippen LogP contribution in [0.4, 0.5) is 17.6 Å². The van der Waals surface area contributed by atoms with Gasteiger partial charge in [0.2, 0.25) is 0 Å². The third-order valence-electron chi connectivity index (χ3n) is 2.80. The molecule has 0 radical (unpaired) electrons. The van der Waals surface area contributed by atoms with Crippen LogP contribution in [0, 0.1) is 5.82 Å². The lowest BCUT2D eigenvalue weighted by atomic mass is 10.1. The van der Waals surface area contributed by atoms with Crippen LogP contribution < -0.4 is 4.74 Å². The van der Waals surface area contributed by atoms with Gasteiger partial charge in [0.15, 0.2) is 0 Å². The molecular weight excluding hydrogens is 324 g/mol. The maximum atomic E-state index is 13.6. The minimum atomic E-state index is -4.61. The summed E-state index contributed by atoms with van der Waals surface area (Å²) in [7, 11) is 0. The van der Waals surface area contributed by atoms with E-state index in [4.69, 9.17) is 16.3 Å². The summed E-state index contributed by atoms with van der Waals surface area (Å²) in [4.78, 5) is 10.7. The van der Waals surface area contributed by atoms with Gasteiger partial charge in [0.1, 0.15) is 24.5 Å². The summed E-state index contributed by atoms with van der Waals surface area (Å²) in [6.07, 6.45) is -4.04. The van der Waals surface area contributed by atoms with Crippen LogP contribution in [-0.2, 0) is 12.8 Å². The average molecular weight is 333 g/mol. The Morgan fingerprint density at radius 1 is 1.14 bits per heavy atom. The van der Waals surface area contributed by atoms with Gasteiger partial charge < -0.3 is 4.74 Å². The molecule has 0 aliphatic heterocycles. The number of carbonyl (C=O) groups is 1. The Hall–Kier alpha value is -2.08. The smallest absolute Gasteiger partial charge is 0.416 e. The zero-order valence-corrected chi connectivity index (χ0v) is 11.7. The number of rotatable bonds is 4. The van der Waals surface area contributed by atoms with Crippen molar-refractivity contribution in [2.75, 3.05) is 0 Å². The molecule has 0 bridgehead atoms. The fraction of sp³-hybridized carbons (Fsp3) is 0.133. The molecule has 0 aromatic heterocycles. The monoisotopic (exact) mass is 332 g/mol. The predicted octanol–water partition coefficient (Wildman–Crippen LogP) is 4.89. The fourth-order valence-electron chi connectivity index (χ4n) is 1.74. The first-order chi connectivity index (χ1) is 10.3. The molecule has 0 saturated carbocycles. The summed E-state index contributed by atoms with van der Waals surface area (Å²) in [6, 6.07) is 6.41. The average Bonchev–Trinajstić information content (AvgIpc) is 2.44. The van der Waals surface area contributed by atoms with E-state index in [-0.39, 0.29) is 28.5 Å². The molecule has 0 aliphatic rings. The number of halogens is 5. The first kappa shape index (κ1) is 16.3. The van der Waals surface area contributed by atoms with Crippen molar-refractivity contribution in [1.82, 2.24) is 0 Å². The van der Waals surface area contributed by atoms with E-state index in [9.17, 15) is 22.4 Å². The summed E-state index contributed by atoms with van der Waals surface area (Å²) in [5.74, 6) is -0.804. The fourth-order valence-corrected chi connectivity index (χ4v) is 1.97. The molecule has 116 valence electrons. The van der Waals surface area contributed by atoms with Crippen LogP contribution in [0.25, 0.3) is 0 Å². The van der Waals surface area contributed by atoms with Crippen molar-refractivity contribution in [2.24, 2.45) is 0 Å². The van der Waals surface area contributed by atoms with Crippen molar-refractivity contribution >= 4 is 17.9 Å². The molecule has 0 heterocycles. The summed E-state index contributed by atoms with van der Waals surface area (Å²) in [5.41, 5.74) is -0.837. The first-order valence-electron chi connectivity index (χ1n) is 6.04. The lowest BCUT2D eigenvalue weighted by molar-refractivity contribution is -0.137. The van der Waals surface area contributed by atoms with Gasteiger partial charge in [-0.05, 0) is 30.3 Å². The molecule has 0 fully saturated rings. The maximum Gasteiger partial charge on any atom is 0.416 e. The van der Waals surface area contributed by atoms with E-state index in [1.54, 1.807) is 0 Å². The van der Waals surface area contributed by atoms with Crippen molar-refractivity contribution < 1.29 is 27.1 Å². The van der Waals surface area contributed by atoms with Crippen molar-refractivity contribution in [3.8, 4) is 5.75 Å². The molecule has 2 aromatic rings. The lowest BCUT2D eigenvalue weighted by Crippen LogP contribution is -2.07. The number of alkyl halides is 3. The van der Waals surface area contributed by atoms with E-state index < -0.39 is 17.6 Å². The molecule has 0 amide bonds. The van der Waals surface area contributed by atoms with Crippen LogP contribution in [0.5, 0.6) is 5.75 Å². The Bertz CT molecular complexity index is 698. The molecule has 2 rings (SSSR count). The van der Waals surface area contributed by atoms with Crippen molar-refractivity contribution in [1.29, 1.82) is 0 Å². The molecule has 22 heavy (non-hydrogen) atoms. The normalized spacial score (nSPS) is 11.3. The minimum absolute atomic E-state index is 0.0411. The molecule has 0 N–H and O–H groups in total. The quantitative estimate of drug-likeness (QED) is 0.588. The predicted molar refractivity (Wildman–Crippen MR) is 72.6 cm³/mol. The zero-order chi connectivity index (χ0) is 16.3. The number of hydrogen-bond donors (Lipinski definition) is 0. The topological polar surface area (TPSA) is 26.3 Å². The molecule has 0 atom stereocenters. The maximum absolute atomic E-state index is 13.6. The summed E-state index contributed by atoms with van der Waals surface area (Å²) >= 11 is 5.77. The molecule has 0 aliphatic carbocycles. The van der Waals surface area contributed by atoms with Crippen LogP contribution in [0.1, 0.15) is 21.5 Å². The van der Waals surface area contributed by atoms with E-state index in [0.717, 1.165) is 12.1 Å². The molecule has 0 spiro atoms. The standard InChI is InChI=1S/C15H9ClF4O2/c16-12-3-9(7-21)4-13(6-12)22-8-10-1-2-11(5-14(10)17)15(18,19)20/h1-7H,8H2. The van der Waals surface area contributed by atoms with Crippen LogP contribution in [0.2, 0.25) is 5.02 Å². The molecule has 2 nitrogen and oxygen atoms in total. The minimum Gasteiger partial charge on any atom is -0.489 e. The SMILES string of the molecule is O=Cc1cc(Cl)cc(OCc2ccc(C(F)(F)F)cc2F)c1. The van der Waals surface area contributed by atoms with Gasteiger partial charge in [-0.15, -0.1) is 0 Å². The Kier molecular flexibility index (Phi) is 4.71. The molecular formula is C15H9ClF4O2. The van der Waals surface area contributed by atoms with Crippen LogP contribution >= 0.6 is 11.6 Å². The highest BCUT2D eigenvalue weighted by Gasteiger charge is 2.31. The Labute approximate surface area is 128 Å². The van der Waals surface area contributed by atoms with Crippen LogP contribution in [0.15, 0.2) is 36.4 Å². The van der Waals surface area contributed by atoms with E-state index >= 15 is 0 Å². The highest BCUT2D eigenvalue weighted by atomic mass is 35.5. The third kappa shape index (κ3) is 3.98. The summed E-state index contributed by atoms with van der Waals surface area (Å²) < 4.78 is 56.2. The Morgan fingerprint density at radius 2 is 1.86 bits per heavy atom. The highest BCUT2D eigenvalue weighted by molar-refractivity contribution is 6.31. The number of hydrogen-bond acceptors (Lipinski definition) is 2. The number of benzene rings is 2. The molecule has 0 saturated heterocycles. The molecule has 2 aromatic carbocycles. The summed E-state index contributed by atoms with van der Waals surface area (Å²) in [5, 5.41) is 0.257. The largest absolute Gasteiger partial charge is 0.489 e. The van der Waals surface area contributed by atoms with E-state index in [1.807, 2.05) is 0 Å². The first-order valence-corrected chi connectivity index (χ1v) is 6.41. The summed E-state index contributed by atoms with van der Waals surface area (Å²) in [6.45, 7) is -0.289. The van der Waals surface area contributed by atoms with Crippen LogP contribution in [0.3, 0.4) is 0 Å². The second-order valence-corrected chi connectivity index (χ2v) is 4.87. The van der Waals surface area contributed by atoms with E-state index in [2.05, 4.69) is 0 Å². The number of carbonyl (C=O) groups excluding carboxylic acids is 1. The van der Waals surface area contributed by atoms with Gasteiger partial charge in [-0.2, -0.15) is 13.2 Å². The second-order valence-electron chi connectivity index (χ2n) is 4.43. The van der Waals surface area contributed by atoms with Crippen LogP contribution in [-0.4, -0.2) is 6.29 Å².